The lowest BCUT2D eigenvalue weighted by atomic mass is 9.88. The SMILES string of the molecule is COc1ccccc1NCC1=CC(C)(C)Nc2ccc(-c3ccc(OC(=O)c4ccccc4)cc3OC)cc21. The molecule has 0 aliphatic carbocycles. The largest absolute Gasteiger partial charge is 0.496 e. The average Bonchev–Trinajstić information content (AvgIpc) is 2.95. The Hall–Kier alpha value is -4.71. The molecule has 39 heavy (non-hydrogen) atoms. The molecular weight excluding hydrogens is 488 g/mol. The fourth-order valence-electron chi connectivity index (χ4n) is 4.82. The number of hydrogen-bond donors (Lipinski definition) is 2. The van der Waals surface area contributed by atoms with Crippen molar-refractivity contribution >= 4 is 22.9 Å². The molecule has 0 amide bonds. The summed E-state index contributed by atoms with van der Waals surface area (Å²) in [5.74, 6) is 1.44. The Bertz CT molecular complexity index is 1530. The maximum Gasteiger partial charge on any atom is 0.343 e. The number of ether oxygens (including phenoxy) is 3. The molecule has 0 unspecified atom stereocenters. The molecule has 6 nitrogen and oxygen atoms in total. The van der Waals surface area contributed by atoms with Crippen molar-refractivity contribution in [3.8, 4) is 28.4 Å². The van der Waals surface area contributed by atoms with Crippen molar-refractivity contribution in [3.63, 3.8) is 0 Å². The summed E-state index contributed by atoms with van der Waals surface area (Å²) in [5, 5.41) is 7.16. The lowest BCUT2D eigenvalue weighted by Gasteiger charge is -2.33. The zero-order chi connectivity index (χ0) is 27.4. The minimum absolute atomic E-state index is 0.200. The van der Waals surface area contributed by atoms with E-state index in [2.05, 4.69) is 48.8 Å². The highest BCUT2D eigenvalue weighted by molar-refractivity contribution is 5.91. The van der Waals surface area contributed by atoms with Crippen LogP contribution in [0.5, 0.6) is 17.2 Å². The van der Waals surface area contributed by atoms with Crippen LogP contribution in [-0.2, 0) is 0 Å². The number of esters is 1. The second-order valence-electron chi connectivity index (χ2n) is 9.95. The summed E-state index contributed by atoms with van der Waals surface area (Å²) in [6, 6.07) is 28.6. The summed E-state index contributed by atoms with van der Waals surface area (Å²) >= 11 is 0. The summed E-state index contributed by atoms with van der Waals surface area (Å²) < 4.78 is 16.8. The molecule has 0 radical (unpaired) electrons. The summed E-state index contributed by atoms with van der Waals surface area (Å²) in [4.78, 5) is 12.5. The summed E-state index contributed by atoms with van der Waals surface area (Å²) in [5.41, 5.74) is 6.48. The second-order valence-corrected chi connectivity index (χ2v) is 9.95. The molecule has 4 aromatic carbocycles. The zero-order valence-corrected chi connectivity index (χ0v) is 22.6. The van der Waals surface area contributed by atoms with Crippen LogP contribution in [0.15, 0.2) is 97.1 Å². The van der Waals surface area contributed by atoms with E-state index in [4.69, 9.17) is 14.2 Å². The van der Waals surface area contributed by atoms with Gasteiger partial charge in [0.2, 0.25) is 0 Å². The quantitative estimate of drug-likeness (QED) is 0.188. The number of methoxy groups -OCH3 is 2. The van der Waals surface area contributed by atoms with Crippen LogP contribution < -0.4 is 24.8 Å². The van der Waals surface area contributed by atoms with Gasteiger partial charge in [0.05, 0.1) is 31.0 Å². The molecule has 5 rings (SSSR count). The number of anilines is 2. The second kappa shape index (κ2) is 11.0. The van der Waals surface area contributed by atoms with Crippen LogP contribution in [0.2, 0.25) is 0 Å². The van der Waals surface area contributed by atoms with E-state index in [0.717, 1.165) is 33.8 Å². The number of fused-ring (bicyclic) bond motifs is 1. The van der Waals surface area contributed by atoms with E-state index in [1.807, 2.05) is 36.4 Å². The van der Waals surface area contributed by atoms with Gasteiger partial charge >= 0.3 is 5.97 Å². The van der Waals surface area contributed by atoms with Crippen molar-refractivity contribution in [2.24, 2.45) is 0 Å². The van der Waals surface area contributed by atoms with E-state index in [9.17, 15) is 4.79 Å². The average molecular weight is 521 g/mol. The van der Waals surface area contributed by atoms with Gasteiger partial charge in [0.15, 0.2) is 0 Å². The molecule has 0 atom stereocenters. The normalized spacial score (nSPS) is 13.4. The molecule has 6 heteroatoms. The first kappa shape index (κ1) is 25.9. The van der Waals surface area contributed by atoms with Crippen LogP contribution in [0.25, 0.3) is 16.7 Å². The number of carbonyl (C=O) groups is 1. The van der Waals surface area contributed by atoms with E-state index in [0.29, 0.717) is 23.6 Å². The number of para-hydroxylation sites is 2. The van der Waals surface area contributed by atoms with Crippen LogP contribution >= 0.6 is 0 Å². The molecule has 0 saturated carbocycles. The third kappa shape index (κ3) is 5.75. The fourth-order valence-corrected chi connectivity index (χ4v) is 4.82. The van der Waals surface area contributed by atoms with Gasteiger partial charge in [0.25, 0.3) is 0 Å². The third-order valence-electron chi connectivity index (χ3n) is 6.64. The highest BCUT2D eigenvalue weighted by Crippen LogP contribution is 2.40. The van der Waals surface area contributed by atoms with Crippen molar-refractivity contribution in [1.82, 2.24) is 0 Å². The van der Waals surface area contributed by atoms with Crippen molar-refractivity contribution in [2.75, 3.05) is 31.4 Å². The molecule has 0 fully saturated rings. The minimum atomic E-state index is -0.412. The van der Waals surface area contributed by atoms with E-state index >= 15 is 0 Å². The first-order valence-corrected chi connectivity index (χ1v) is 12.8. The number of hydrogen-bond acceptors (Lipinski definition) is 6. The van der Waals surface area contributed by atoms with E-state index in [1.54, 1.807) is 50.6 Å². The van der Waals surface area contributed by atoms with Gasteiger partial charge in [-0.15, -0.1) is 0 Å². The number of carbonyl (C=O) groups excluding carboxylic acids is 1. The summed E-state index contributed by atoms with van der Waals surface area (Å²) in [6.45, 7) is 4.95. The van der Waals surface area contributed by atoms with Crippen LogP contribution in [0.1, 0.15) is 29.8 Å². The molecular formula is C33H32N2O4. The predicted molar refractivity (Wildman–Crippen MR) is 157 cm³/mol. The van der Waals surface area contributed by atoms with Gasteiger partial charge in [-0.3, -0.25) is 0 Å². The van der Waals surface area contributed by atoms with Crippen molar-refractivity contribution in [3.05, 3.63) is 108 Å². The molecule has 198 valence electrons. The van der Waals surface area contributed by atoms with E-state index < -0.39 is 5.97 Å². The number of nitrogens with one attached hydrogen (secondary N) is 2. The summed E-state index contributed by atoms with van der Waals surface area (Å²) in [6.07, 6.45) is 2.25. The topological polar surface area (TPSA) is 68.8 Å². The van der Waals surface area contributed by atoms with E-state index in [-0.39, 0.29) is 5.54 Å². The van der Waals surface area contributed by atoms with Gasteiger partial charge < -0.3 is 24.8 Å². The highest BCUT2D eigenvalue weighted by atomic mass is 16.5. The standard InChI is InChI=1S/C33H32N2O4/c1-33(2)20-24(21-34-29-12-8-9-13-30(29)37-3)27-18-23(14-17-28(27)35-33)26-16-15-25(19-31(26)38-4)39-32(36)22-10-6-5-7-11-22/h5-20,34-35H,21H2,1-4H3. The Kier molecular flexibility index (Phi) is 7.28. The minimum Gasteiger partial charge on any atom is -0.496 e. The van der Waals surface area contributed by atoms with Gasteiger partial charge in [0.1, 0.15) is 17.2 Å². The van der Waals surface area contributed by atoms with Gasteiger partial charge in [0, 0.05) is 29.4 Å². The number of benzene rings is 4. The van der Waals surface area contributed by atoms with Gasteiger partial charge in [-0.05, 0) is 73.5 Å². The van der Waals surface area contributed by atoms with Gasteiger partial charge in [-0.2, -0.15) is 0 Å². The molecule has 0 saturated heterocycles. The Balaban J connectivity index is 1.43. The highest BCUT2D eigenvalue weighted by Gasteiger charge is 2.25. The van der Waals surface area contributed by atoms with E-state index in [1.165, 1.54) is 5.57 Å². The Labute approximate surface area is 229 Å². The van der Waals surface area contributed by atoms with Gasteiger partial charge in [-0.1, -0.05) is 42.5 Å². The van der Waals surface area contributed by atoms with Crippen LogP contribution in [0.3, 0.4) is 0 Å². The molecule has 0 aromatic heterocycles. The monoisotopic (exact) mass is 520 g/mol. The van der Waals surface area contributed by atoms with Crippen LogP contribution in [0.4, 0.5) is 11.4 Å². The molecule has 0 spiro atoms. The maximum atomic E-state index is 12.5. The lowest BCUT2D eigenvalue weighted by Crippen LogP contribution is -2.32. The third-order valence-corrected chi connectivity index (χ3v) is 6.64. The van der Waals surface area contributed by atoms with Crippen molar-refractivity contribution < 1.29 is 19.0 Å². The molecule has 1 aliphatic heterocycles. The fraction of sp³-hybridized carbons (Fsp3) is 0.182. The van der Waals surface area contributed by atoms with Crippen LogP contribution in [-0.4, -0.2) is 32.3 Å². The van der Waals surface area contributed by atoms with Crippen molar-refractivity contribution in [1.29, 1.82) is 0 Å². The first-order valence-electron chi connectivity index (χ1n) is 12.8. The summed E-state index contributed by atoms with van der Waals surface area (Å²) in [7, 11) is 3.29. The zero-order valence-electron chi connectivity index (χ0n) is 22.6. The molecule has 0 bridgehead atoms. The molecule has 4 aromatic rings. The lowest BCUT2D eigenvalue weighted by molar-refractivity contribution is 0.0734. The Morgan fingerprint density at radius 3 is 2.33 bits per heavy atom. The predicted octanol–water partition coefficient (Wildman–Crippen LogP) is 7.29. The first-order chi connectivity index (χ1) is 18.9. The van der Waals surface area contributed by atoms with Crippen molar-refractivity contribution in [2.45, 2.75) is 19.4 Å². The molecule has 1 aliphatic rings. The Morgan fingerprint density at radius 1 is 0.821 bits per heavy atom. The van der Waals surface area contributed by atoms with Gasteiger partial charge in [-0.25, -0.2) is 4.79 Å². The Morgan fingerprint density at radius 2 is 1.56 bits per heavy atom. The van der Waals surface area contributed by atoms with Crippen LogP contribution in [0, 0.1) is 0 Å². The smallest absolute Gasteiger partial charge is 0.343 e. The maximum absolute atomic E-state index is 12.5. The molecule has 2 N–H and O–H groups in total. The molecule has 1 heterocycles. The number of rotatable bonds is 8.